The van der Waals surface area contributed by atoms with E-state index in [1.165, 1.54) is 26.2 Å². The van der Waals surface area contributed by atoms with E-state index in [1.54, 1.807) is 56.3 Å². The van der Waals surface area contributed by atoms with Crippen LogP contribution < -0.4 is 18.9 Å². The van der Waals surface area contributed by atoms with Crippen LogP contribution in [0.15, 0.2) is 103 Å². The van der Waals surface area contributed by atoms with Gasteiger partial charge in [0, 0.05) is 16.7 Å². The van der Waals surface area contributed by atoms with Crippen molar-refractivity contribution in [3.63, 3.8) is 0 Å². The van der Waals surface area contributed by atoms with Gasteiger partial charge < -0.3 is 18.9 Å². The highest BCUT2D eigenvalue weighted by atomic mass is 19.1. The van der Waals surface area contributed by atoms with Gasteiger partial charge in [0.05, 0.1) is 7.11 Å². The lowest BCUT2D eigenvalue weighted by Gasteiger charge is -2.15. The van der Waals surface area contributed by atoms with Crippen molar-refractivity contribution in [2.24, 2.45) is 0 Å². The van der Waals surface area contributed by atoms with E-state index in [4.69, 9.17) is 18.9 Å². The number of ether oxygens (including phenoxy) is 4. The fraction of sp³-hybridized carbons (Fsp3) is 0.125. The zero-order valence-electron chi connectivity index (χ0n) is 22.4. The molecule has 0 fully saturated rings. The standard InChI is InChI=1S/C32H29FO6/c1-18(2)21(7)37-28-14-11-24(17-30(28)39-32(35)20(5)6)25-12-9-22(15-26(25)33)23-10-13-27(29(16-23)36-8)38-31(34)19(3)4/h9-17H,1,3,5,7H2,2,4,6,8H3. The highest BCUT2D eigenvalue weighted by molar-refractivity contribution is 5.90. The van der Waals surface area contributed by atoms with Crippen LogP contribution in [0.4, 0.5) is 4.39 Å². The van der Waals surface area contributed by atoms with Gasteiger partial charge in [0.2, 0.25) is 0 Å². The SMILES string of the molecule is C=C(C)C(=C)Oc1ccc(-c2ccc(-c3ccc(OC(=O)C(=C)C)c(OC)c3)cc2F)cc1OC(=O)C(=C)C. The van der Waals surface area contributed by atoms with Crippen LogP contribution in [0.5, 0.6) is 23.0 Å². The minimum Gasteiger partial charge on any atom is -0.493 e. The number of carbonyl (C=O) groups excluding carboxylic acids is 2. The van der Waals surface area contributed by atoms with Gasteiger partial charge in [0.25, 0.3) is 0 Å². The molecule has 0 saturated heterocycles. The van der Waals surface area contributed by atoms with Gasteiger partial charge in [-0.3, -0.25) is 0 Å². The van der Waals surface area contributed by atoms with Crippen LogP contribution in [-0.4, -0.2) is 19.0 Å². The molecule has 0 bridgehead atoms. The molecule has 0 aliphatic carbocycles. The number of hydrogen-bond acceptors (Lipinski definition) is 6. The van der Waals surface area contributed by atoms with E-state index >= 15 is 4.39 Å². The molecule has 0 unspecified atom stereocenters. The summed E-state index contributed by atoms with van der Waals surface area (Å²) >= 11 is 0. The summed E-state index contributed by atoms with van der Waals surface area (Å²) in [5.41, 5.74) is 2.97. The number of methoxy groups -OCH3 is 1. The highest BCUT2D eigenvalue weighted by Crippen LogP contribution is 2.38. The molecule has 0 aromatic heterocycles. The number of carbonyl (C=O) groups is 2. The fourth-order valence-corrected chi connectivity index (χ4v) is 3.29. The van der Waals surface area contributed by atoms with Crippen LogP contribution in [0.1, 0.15) is 20.8 Å². The summed E-state index contributed by atoms with van der Waals surface area (Å²) in [6, 6.07) is 14.3. The Morgan fingerprint density at radius 2 is 1.10 bits per heavy atom. The molecular formula is C32H29FO6. The third kappa shape index (κ3) is 6.90. The molecular weight excluding hydrogens is 499 g/mol. The molecule has 0 saturated carbocycles. The molecule has 3 rings (SSSR count). The van der Waals surface area contributed by atoms with Crippen molar-refractivity contribution in [2.45, 2.75) is 20.8 Å². The summed E-state index contributed by atoms with van der Waals surface area (Å²) in [6.45, 7) is 19.5. The van der Waals surface area contributed by atoms with Crippen molar-refractivity contribution in [1.29, 1.82) is 0 Å². The van der Waals surface area contributed by atoms with Crippen molar-refractivity contribution in [2.75, 3.05) is 7.11 Å². The Hall–Kier alpha value is -4.91. The summed E-state index contributed by atoms with van der Waals surface area (Å²) < 4.78 is 37.2. The van der Waals surface area contributed by atoms with E-state index in [0.29, 0.717) is 33.8 Å². The minimum atomic E-state index is -0.653. The number of allylic oxidation sites excluding steroid dienone is 1. The van der Waals surface area contributed by atoms with Gasteiger partial charge in [-0.25, -0.2) is 14.0 Å². The van der Waals surface area contributed by atoms with Gasteiger partial charge in [0.1, 0.15) is 11.6 Å². The average molecular weight is 529 g/mol. The topological polar surface area (TPSA) is 71.1 Å². The third-order valence-corrected chi connectivity index (χ3v) is 5.53. The van der Waals surface area contributed by atoms with Crippen LogP contribution in [0, 0.1) is 5.82 Å². The van der Waals surface area contributed by atoms with E-state index in [0.717, 1.165) is 0 Å². The Bertz CT molecular complexity index is 1520. The average Bonchev–Trinajstić information content (AvgIpc) is 2.89. The Morgan fingerprint density at radius 1 is 0.615 bits per heavy atom. The second-order valence-corrected chi connectivity index (χ2v) is 8.87. The maximum absolute atomic E-state index is 15.4. The quantitative estimate of drug-likeness (QED) is 0.0887. The molecule has 0 aliphatic heterocycles. The van der Waals surface area contributed by atoms with Crippen LogP contribution in [0.3, 0.4) is 0 Å². The monoisotopic (exact) mass is 528 g/mol. The van der Waals surface area contributed by atoms with Crippen LogP contribution in [0.25, 0.3) is 22.3 Å². The molecule has 0 spiro atoms. The molecule has 0 radical (unpaired) electrons. The van der Waals surface area contributed by atoms with E-state index in [-0.39, 0.29) is 34.0 Å². The lowest BCUT2D eigenvalue weighted by Crippen LogP contribution is -2.09. The van der Waals surface area contributed by atoms with Gasteiger partial charge >= 0.3 is 11.9 Å². The van der Waals surface area contributed by atoms with Crippen molar-refractivity contribution in [3.05, 3.63) is 109 Å². The summed E-state index contributed by atoms with van der Waals surface area (Å²) in [6.07, 6.45) is 0. The predicted octanol–water partition coefficient (Wildman–Crippen LogP) is 7.60. The van der Waals surface area contributed by atoms with Gasteiger partial charge in [-0.15, -0.1) is 0 Å². The maximum Gasteiger partial charge on any atom is 0.338 e. The molecule has 0 heterocycles. The molecule has 39 heavy (non-hydrogen) atoms. The summed E-state index contributed by atoms with van der Waals surface area (Å²) in [4.78, 5) is 24.1. The van der Waals surface area contributed by atoms with E-state index in [9.17, 15) is 9.59 Å². The minimum absolute atomic E-state index is 0.0796. The van der Waals surface area contributed by atoms with E-state index in [1.807, 2.05) is 0 Å². The maximum atomic E-state index is 15.4. The van der Waals surface area contributed by atoms with Crippen LogP contribution in [-0.2, 0) is 9.59 Å². The number of halogens is 1. The molecule has 0 amide bonds. The smallest absolute Gasteiger partial charge is 0.338 e. The number of esters is 2. The molecule has 200 valence electrons. The summed E-state index contributed by atoms with van der Waals surface area (Å²) in [5, 5.41) is 0. The van der Waals surface area contributed by atoms with Crippen molar-refractivity contribution >= 4 is 11.9 Å². The van der Waals surface area contributed by atoms with Gasteiger partial charge in [-0.1, -0.05) is 50.6 Å². The van der Waals surface area contributed by atoms with Gasteiger partial charge in [-0.2, -0.15) is 0 Å². The first-order valence-corrected chi connectivity index (χ1v) is 11.8. The lowest BCUT2D eigenvalue weighted by atomic mass is 9.99. The van der Waals surface area contributed by atoms with Crippen molar-refractivity contribution in [3.8, 4) is 45.3 Å². The van der Waals surface area contributed by atoms with E-state index < -0.39 is 17.8 Å². The Kier molecular flexibility index (Phi) is 8.88. The normalized spacial score (nSPS) is 10.3. The summed E-state index contributed by atoms with van der Waals surface area (Å²) in [5.74, 6) is -0.621. The number of benzene rings is 3. The van der Waals surface area contributed by atoms with Crippen molar-refractivity contribution in [1.82, 2.24) is 0 Å². The zero-order chi connectivity index (χ0) is 28.9. The largest absolute Gasteiger partial charge is 0.493 e. The number of hydrogen-bond donors (Lipinski definition) is 0. The first-order valence-electron chi connectivity index (χ1n) is 11.8. The Labute approximate surface area is 227 Å². The van der Waals surface area contributed by atoms with Crippen molar-refractivity contribution < 1.29 is 32.9 Å². The molecule has 0 N–H and O–H groups in total. The second kappa shape index (κ2) is 12.1. The zero-order valence-corrected chi connectivity index (χ0v) is 22.4. The highest BCUT2D eigenvalue weighted by Gasteiger charge is 2.17. The van der Waals surface area contributed by atoms with E-state index in [2.05, 4.69) is 26.3 Å². The Morgan fingerprint density at radius 3 is 1.64 bits per heavy atom. The second-order valence-electron chi connectivity index (χ2n) is 8.87. The van der Waals surface area contributed by atoms with Crippen LogP contribution in [0.2, 0.25) is 0 Å². The first-order chi connectivity index (χ1) is 18.4. The molecule has 3 aromatic carbocycles. The molecule has 3 aromatic rings. The molecule has 0 aliphatic rings. The number of rotatable bonds is 10. The van der Waals surface area contributed by atoms with Crippen LogP contribution >= 0.6 is 0 Å². The third-order valence-electron chi connectivity index (χ3n) is 5.53. The predicted molar refractivity (Wildman–Crippen MR) is 149 cm³/mol. The summed E-state index contributed by atoms with van der Waals surface area (Å²) in [7, 11) is 1.44. The van der Waals surface area contributed by atoms with Gasteiger partial charge in [0.15, 0.2) is 23.0 Å². The fourth-order valence-electron chi connectivity index (χ4n) is 3.29. The molecule has 0 atom stereocenters. The Balaban J connectivity index is 1.98. The molecule has 7 heteroatoms. The molecule has 6 nitrogen and oxygen atoms in total. The first kappa shape index (κ1) is 28.7. The lowest BCUT2D eigenvalue weighted by molar-refractivity contribution is -0.131. The van der Waals surface area contributed by atoms with Gasteiger partial charge in [-0.05, 0) is 73.4 Å².